The molecule has 6 aromatic rings. The van der Waals surface area contributed by atoms with E-state index < -0.39 is 12.2 Å². The number of carbonyl (C=O) groups excluding carboxylic acids is 2. The molecule has 7 aliphatic rings. The number of ether oxygens (including phenoxy) is 4. The lowest BCUT2D eigenvalue weighted by Crippen LogP contribution is -2.56. The number of rotatable bonds is 12. The Hall–Kier alpha value is -5.84. The topological polar surface area (TPSA) is 103 Å². The van der Waals surface area contributed by atoms with Crippen LogP contribution in [-0.4, -0.2) is 83.8 Å². The molecule has 10 nitrogen and oxygen atoms in total. The summed E-state index contributed by atoms with van der Waals surface area (Å²) in [6, 6.07) is 27.0. The summed E-state index contributed by atoms with van der Waals surface area (Å²) in [5, 5.41) is 1.88. The van der Waals surface area contributed by atoms with Crippen molar-refractivity contribution in [3.63, 3.8) is 0 Å². The average molecular weight is 857 g/mol. The van der Waals surface area contributed by atoms with Gasteiger partial charge in [-0.05, 0) is 123 Å². The van der Waals surface area contributed by atoms with Gasteiger partial charge in [-0.25, -0.2) is 0 Å². The summed E-state index contributed by atoms with van der Waals surface area (Å²) in [6.07, 6.45) is 9.30. The number of carbonyl (C=O) groups is 2. The van der Waals surface area contributed by atoms with Gasteiger partial charge < -0.3 is 18.9 Å². The van der Waals surface area contributed by atoms with Gasteiger partial charge in [0.05, 0.1) is 48.5 Å². The molecule has 8 heterocycles. The molecule has 6 fully saturated rings. The highest BCUT2D eigenvalue weighted by atomic mass is 16.5. The van der Waals surface area contributed by atoms with Crippen molar-refractivity contribution >= 4 is 33.4 Å². The molecule has 0 saturated carbocycles. The number of nitrogens with zero attached hydrogens (tertiary/aromatic N) is 4. The minimum absolute atomic E-state index is 0.0377. The molecule has 10 heteroatoms. The van der Waals surface area contributed by atoms with E-state index in [2.05, 4.69) is 23.6 Å². The molecule has 1 aliphatic carbocycles. The first-order valence-electron chi connectivity index (χ1n) is 23.4. The van der Waals surface area contributed by atoms with Crippen molar-refractivity contribution in [2.24, 2.45) is 23.7 Å². The van der Waals surface area contributed by atoms with Crippen LogP contribution in [0.5, 0.6) is 23.0 Å². The van der Waals surface area contributed by atoms with Gasteiger partial charge in [-0.1, -0.05) is 51.0 Å². The van der Waals surface area contributed by atoms with Crippen LogP contribution in [0.3, 0.4) is 0 Å². The Kier molecular flexibility index (Phi) is 10.6. The lowest BCUT2D eigenvalue weighted by atomic mass is 9.72. The summed E-state index contributed by atoms with van der Waals surface area (Å²) >= 11 is 0. The van der Waals surface area contributed by atoms with Crippen LogP contribution in [0.25, 0.3) is 21.8 Å². The molecular formula is C54H56N4O6. The van der Waals surface area contributed by atoms with Gasteiger partial charge in [-0.2, -0.15) is 0 Å². The Morgan fingerprint density at radius 3 is 1.45 bits per heavy atom. The number of aromatic nitrogens is 2. The second-order valence-electron chi connectivity index (χ2n) is 18.7. The van der Waals surface area contributed by atoms with Crippen LogP contribution in [-0.2, 0) is 0 Å². The Labute approximate surface area is 374 Å². The first-order chi connectivity index (χ1) is 31.3. The predicted octanol–water partition coefficient (Wildman–Crippen LogP) is 10.1. The number of piperidine rings is 6. The zero-order valence-corrected chi connectivity index (χ0v) is 37.2. The van der Waals surface area contributed by atoms with Gasteiger partial charge in [0.2, 0.25) is 0 Å². The first-order valence-corrected chi connectivity index (χ1v) is 23.4. The zero-order valence-electron chi connectivity index (χ0n) is 37.2. The summed E-state index contributed by atoms with van der Waals surface area (Å²) < 4.78 is 26.3. The third kappa shape index (κ3) is 6.83. The van der Waals surface area contributed by atoms with Gasteiger partial charge in [-0.3, -0.25) is 29.4 Å². The van der Waals surface area contributed by atoms with E-state index in [-0.39, 0.29) is 34.8 Å². The third-order valence-corrected chi connectivity index (χ3v) is 15.7. The number of benzene rings is 4. The highest BCUT2D eigenvalue weighted by Crippen LogP contribution is 2.49. The quantitative estimate of drug-likeness (QED) is 0.118. The maximum Gasteiger partial charge on any atom is 0.198 e. The monoisotopic (exact) mass is 856 g/mol. The standard InChI is InChI=1S/C54H56N4O6/c1-5-31-29-57-23-19-33(31)25-45(57)53(39-17-21-55-43-13-11-35(61-3)27-41(39)43)63-47-15-16-48(50-49(47)51(59)37-9-7-8-10-38(37)52(50)60)64-54(46-26-34-20-24-58(46)30-32(34)6-2)40-18-22-56-44-14-12-36(62-4)28-42(40)44/h7-18,21-22,27-28,31-34,45-46,53-54H,5-6,19-20,23-26,29-30H2,1-4H3/t31-,32-,33+,34+,45-,46-,53-,54+/m1/s1. The predicted molar refractivity (Wildman–Crippen MR) is 247 cm³/mol. The number of hydrogen-bond acceptors (Lipinski definition) is 10. The summed E-state index contributed by atoms with van der Waals surface area (Å²) in [5.74, 6) is 4.15. The van der Waals surface area contributed by atoms with Gasteiger partial charge in [0.1, 0.15) is 35.2 Å². The van der Waals surface area contributed by atoms with E-state index >= 15 is 9.59 Å². The molecule has 6 saturated heterocycles. The molecule has 0 amide bonds. The van der Waals surface area contributed by atoms with Crippen LogP contribution in [0.1, 0.15) is 108 Å². The van der Waals surface area contributed by atoms with Gasteiger partial charge >= 0.3 is 0 Å². The summed E-state index contributed by atoms with van der Waals surface area (Å²) in [7, 11) is 3.35. The maximum atomic E-state index is 15.1. The fourth-order valence-electron chi connectivity index (χ4n) is 12.3. The van der Waals surface area contributed by atoms with Crippen molar-refractivity contribution in [1.82, 2.24) is 19.8 Å². The minimum Gasteiger partial charge on any atom is -0.497 e. The van der Waals surface area contributed by atoms with Crippen molar-refractivity contribution in [1.29, 1.82) is 0 Å². The van der Waals surface area contributed by atoms with Gasteiger partial charge in [0.15, 0.2) is 11.6 Å². The highest BCUT2D eigenvalue weighted by Gasteiger charge is 2.47. The second-order valence-corrected chi connectivity index (χ2v) is 18.7. The SMILES string of the molecule is CC[C@@H]1CN2CC[C@H]1C[C@@H]2[C@H](Oc1ccc(O[C@@H](c2ccnc3ccc(OC)cc23)[C@H]2C[C@@H]3CCN2C[C@H]3CC)c2c1C(=O)c1ccccc1C2=O)c1ccnc2ccc(OC)cc12. The highest BCUT2D eigenvalue weighted by molar-refractivity contribution is 6.30. The molecule has 2 unspecified atom stereocenters. The van der Waals surface area contributed by atoms with E-state index in [0.717, 1.165) is 109 Å². The fourth-order valence-corrected chi connectivity index (χ4v) is 12.3. The Bertz CT molecular complexity index is 2600. The third-order valence-electron chi connectivity index (χ3n) is 15.7. The Balaban J connectivity index is 1.07. The molecule has 13 rings (SSSR count). The van der Waals surface area contributed by atoms with E-state index in [4.69, 9.17) is 28.9 Å². The fraction of sp³-hybridized carbons (Fsp3) is 0.407. The average Bonchev–Trinajstić information content (AvgIpc) is 3.36. The molecule has 0 N–H and O–H groups in total. The lowest BCUT2D eigenvalue weighted by molar-refractivity contribution is -0.0493. The number of hydrogen-bond donors (Lipinski definition) is 0. The van der Waals surface area contributed by atoms with Crippen LogP contribution in [0.4, 0.5) is 0 Å². The lowest BCUT2D eigenvalue weighted by Gasteiger charge is -2.52. The second kappa shape index (κ2) is 16.6. The van der Waals surface area contributed by atoms with Crippen molar-refractivity contribution < 1.29 is 28.5 Å². The normalized spacial score (nSPS) is 26.6. The largest absolute Gasteiger partial charge is 0.497 e. The zero-order chi connectivity index (χ0) is 43.6. The van der Waals surface area contributed by atoms with Gasteiger partial charge in [0, 0.05) is 58.5 Å². The molecule has 0 spiro atoms. The number of pyridine rings is 2. The van der Waals surface area contributed by atoms with Gasteiger partial charge in [-0.15, -0.1) is 0 Å². The van der Waals surface area contributed by atoms with E-state index in [1.165, 1.54) is 0 Å². The maximum absolute atomic E-state index is 15.1. The van der Waals surface area contributed by atoms with Crippen LogP contribution in [0.15, 0.2) is 97.3 Å². The van der Waals surface area contributed by atoms with E-state index in [0.29, 0.717) is 46.3 Å². The summed E-state index contributed by atoms with van der Waals surface area (Å²) in [5.41, 5.74) is 4.87. The molecular weight excluding hydrogens is 801 g/mol. The van der Waals surface area contributed by atoms with Crippen LogP contribution in [0.2, 0.25) is 0 Å². The molecule has 328 valence electrons. The molecule has 6 aliphatic heterocycles. The van der Waals surface area contributed by atoms with E-state index in [1.807, 2.05) is 85.2 Å². The van der Waals surface area contributed by atoms with Crippen molar-refractivity contribution in [2.75, 3.05) is 40.4 Å². The van der Waals surface area contributed by atoms with E-state index in [9.17, 15) is 0 Å². The molecule has 0 radical (unpaired) electrons. The number of methoxy groups -OCH3 is 2. The molecule has 64 heavy (non-hydrogen) atoms. The number of ketones is 2. The Morgan fingerprint density at radius 1 is 0.609 bits per heavy atom. The van der Waals surface area contributed by atoms with Crippen LogP contribution >= 0.6 is 0 Å². The number of fused-ring (bicyclic) bond motifs is 10. The Morgan fingerprint density at radius 2 is 1.06 bits per heavy atom. The molecule has 2 aromatic heterocycles. The van der Waals surface area contributed by atoms with Gasteiger partial charge in [0.25, 0.3) is 0 Å². The molecule has 4 bridgehead atoms. The smallest absolute Gasteiger partial charge is 0.198 e. The molecule has 4 aromatic carbocycles. The first kappa shape index (κ1) is 40.9. The van der Waals surface area contributed by atoms with Crippen molar-refractivity contribution in [3.8, 4) is 23.0 Å². The molecule has 10 atom stereocenters. The van der Waals surface area contributed by atoms with Crippen LogP contribution in [0, 0.1) is 23.7 Å². The van der Waals surface area contributed by atoms with Crippen LogP contribution < -0.4 is 18.9 Å². The van der Waals surface area contributed by atoms with Crippen molar-refractivity contribution in [3.05, 3.63) is 131 Å². The van der Waals surface area contributed by atoms with E-state index in [1.54, 1.807) is 26.4 Å². The summed E-state index contributed by atoms with van der Waals surface area (Å²) in [4.78, 5) is 45.0. The minimum atomic E-state index is -0.475. The summed E-state index contributed by atoms with van der Waals surface area (Å²) in [6.45, 7) is 8.58. The van der Waals surface area contributed by atoms with Crippen molar-refractivity contribution in [2.45, 2.75) is 76.7 Å².